The van der Waals surface area contributed by atoms with Crippen LogP contribution in [-0.4, -0.2) is 21.0 Å². The Morgan fingerprint density at radius 1 is 1.25 bits per heavy atom. The van der Waals surface area contributed by atoms with Crippen LogP contribution in [0.25, 0.3) is 11.1 Å². The van der Waals surface area contributed by atoms with Gasteiger partial charge in [-0.2, -0.15) is 0 Å². The molecular weight excluding hydrogens is 276 g/mol. The van der Waals surface area contributed by atoms with Gasteiger partial charge in [-0.1, -0.05) is 23.9 Å². The van der Waals surface area contributed by atoms with E-state index in [9.17, 15) is 4.79 Å². The van der Waals surface area contributed by atoms with Crippen LogP contribution < -0.4 is 0 Å². The molecule has 0 aliphatic rings. The Morgan fingerprint density at radius 3 is 2.80 bits per heavy atom. The highest BCUT2D eigenvalue weighted by molar-refractivity contribution is 7.98. The lowest BCUT2D eigenvalue weighted by atomic mass is 10.2. The third-order valence-electron chi connectivity index (χ3n) is 2.69. The second-order valence-electron chi connectivity index (χ2n) is 4.08. The van der Waals surface area contributed by atoms with Crippen molar-refractivity contribution in [3.63, 3.8) is 0 Å². The van der Waals surface area contributed by atoms with Crippen molar-refractivity contribution >= 4 is 28.8 Å². The molecule has 0 atom stereocenters. The summed E-state index contributed by atoms with van der Waals surface area (Å²) in [4.78, 5) is 19.2. The van der Waals surface area contributed by atoms with Crippen molar-refractivity contribution in [2.45, 2.75) is 11.0 Å². The minimum atomic E-state index is -0.976. The highest BCUT2D eigenvalue weighted by Crippen LogP contribution is 2.25. The number of para-hydroxylation sites is 2. The molecule has 0 fully saturated rings. The Labute approximate surface area is 118 Å². The fourth-order valence-electron chi connectivity index (χ4n) is 1.68. The average molecular weight is 286 g/mol. The Hall–Kier alpha value is -2.34. The van der Waals surface area contributed by atoms with Gasteiger partial charge < -0.3 is 9.52 Å². The summed E-state index contributed by atoms with van der Waals surface area (Å²) in [5.41, 5.74) is 2.54. The summed E-state index contributed by atoms with van der Waals surface area (Å²) in [6, 6.07) is 10.8. The Kier molecular flexibility index (Phi) is 3.39. The molecule has 0 aliphatic carbocycles. The number of hydrogen-bond donors (Lipinski definition) is 1. The van der Waals surface area contributed by atoms with Gasteiger partial charge in [0.2, 0.25) is 0 Å². The van der Waals surface area contributed by atoms with Crippen molar-refractivity contribution in [1.82, 2.24) is 9.97 Å². The van der Waals surface area contributed by atoms with E-state index in [1.54, 1.807) is 6.07 Å². The van der Waals surface area contributed by atoms with Gasteiger partial charge in [0.15, 0.2) is 5.58 Å². The van der Waals surface area contributed by atoms with Crippen LogP contribution in [-0.2, 0) is 5.75 Å². The van der Waals surface area contributed by atoms with E-state index in [0.29, 0.717) is 11.0 Å². The van der Waals surface area contributed by atoms with Crippen molar-refractivity contribution in [2.75, 3.05) is 0 Å². The van der Waals surface area contributed by atoms with E-state index < -0.39 is 5.97 Å². The number of pyridine rings is 1. The van der Waals surface area contributed by atoms with Crippen LogP contribution in [0.1, 0.15) is 16.1 Å². The number of aromatic nitrogens is 2. The number of fused-ring (bicyclic) bond motifs is 1. The number of rotatable bonds is 4. The highest BCUT2D eigenvalue weighted by atomic mass is 32.2. The molecule has 5 nitrogen and oxygen atoms in total. The molecule has 3 rings (SSSR count). The van der Waals surface area contributed by atoms with Crippen LogP contribution in [0, 0.1) is 0 Å². The van der Waals surface area contributed by atoms with Crippen molar-refractivity contribution in [1.29, 1.82) is 0 Å². The molecule has 1 N–H and O–H groups in total. The number of aromatic carboxylic acids is 1. The van der Waals surface area contributed by atoms with Crippen molar-refractivity contribution in [3.8, 4) is 0 Å². The molecule has 100 valence electrons. The van der Waals surface area contributed by atoms with Gasteiger partial charge in [-0.3, -0.25) is 4.98 Å². The van der Waals surface area contributed by atoms with Gasteiger partial charge in [0, 0.05) is 11.9 Å². The number of carbonyl (C=O) groups is 1. The highest BCUT2D eigenvalue weighted by Gasteiger charge is 2.07. The van der Waals surface area contributed by atoms with Crippen molar-refractivity contribution < 1.29 is 14.3 Å². The smallest absolute Gasteiger partial charge is 0.337 e. The van der Waals surface area contributed by atoms with Gasteiger partial charge in [-0.25, -0.2) is 9.78 Å². The molecule has 0 spiro atoms. The maximum atomic E-state index is 10.7. The first-order chi connectivity index (χ1) is 9.72. The molecular formula is C14H10N2O3S. The fourth-order valence-corrected chi connectivity index (χ4v) is 2.44. The molecule has 0 bridgehead atoms. The van der Waals surface area contributed by atoms with E-state index in [4.69, 9.17) is 9.52 Å². The van der Waals surface area contributed by atoms with E-state index in [1.807, 2.05) is 24.3 Å². The summed E-state index contributed by atoms with van der Waals surface area (Å²) in [5.74, 6) is -0.400. The van der Waals surface area contributed by atoms with Crippen LogP contribution in [0.3, 0.4) is 0 Å². The predicted molar refractivity (Wildman–Crippen MR) is 74.8 cm³/mol. The first kappa shape index (κ1) is 12.7. The second-order valence-corrected chi connectivity index (χ2v) is 5.01. The van der Waals surface area contributed by atoms with E-state index in [2.05, 4.69) is 9.97 Å². The second kappa shape index (κ2) is 5.34. The number of hydrogen-bond acceptors (Lipinski definition) is 5. The summed E-state index contributed by atoms with van der Waals surface area (Å²) in [6.07, 6.45) is 1.35. The van der Waals surface area contributed by atoms with Gasteiger partial charge in [0.05, 0.1) is 11.3 Å². The summed E-state index contributed by atoms with van der Waals surface area (Å²) < 4.78 is 5.58. The minimum Gasteiger partial charge on any atom is -0.478 e. The minimum absolute atomic E-state index is 0.181. The lowest BCUT2D eigenvalue weighted by molar-refractivity contribution is 0.0696. The Morgan fingerprint density at radius 2 is 2.10 bits per heavy atom. The van der Waals surface area contributed by atoms with Crippen LogP contribution in [0.5, 0.6) is 0 Å². The number of carboxylic acid groups (broad SMARTS) is 1. The molecule has 0 radical (unpaired) electrons. The molecule has 0 saturated carbocycles. The van der Waals surface area contributed by atoms with Gasteiger partial charge >= 0.3 is 5.97 Å². The largest absolute Gasteiger partial charge is 0.478 e. The number of carboxylic acids is 1. The molecule has 1 aromatic carbocycles. The topological polar surface area (TPSA) is 76.2 Å². The molecule has 0 unspecified atom stereocenters. The molecule has 2 aromatic heterocycles. The zero-order valence-corrected chi connectivity index (χ0v) is 11.1. The molecule has 20 heavy (non-hydrogen) atoms. The van der Waals surface area contributed by atoms with E-state index in [1.165, 1.54) is 24.0 Å². The van der Waals surface area contributed by atoms with E-state index >= 15 is 0 Å². The SMILES string of the molecule is O=C(O)c1ccc(CSc2nc3ccccc3o2)nc1. The average Bonchev–Trinajstić information content (AvgIpc) is 2.88. The maximum Gasteiger partial charge on any atom is 0.337 e. The zero-order chi connectivity index (χ0) is 13.9. The normalized spacial score (nSPS) is 10.8. The first-order valence-electron chi connectivity index (χ1n) is 5.89. The molecule has 6 heteroatoms. The Bertz CT molecular complexity index is 719. The third kappa shape index (κ3) is 2.65. The monoisotopic (exact) mass is 286 g/mol. The quantitative estimate of drug-likeness (QED) is 0.742. The summed E-state index contributed by atoms with van der Waals surface area (Å²) in [5, 5.41) is 9.37. The number of benzene rings is 1. The van der Waals surface area contributed by atoms with Crippen molar-refractivity contribution in [2.24, 2.45) is 0 Å². The molecule has 0 aliphatic heterocycles. The van der Waals surface area contributed by atoms with Crippen molar-refractivity contribution in [3.05, 3.63) is 53.9 Å². The zero-order valence-electron chi connectivity index (χ0n) is 10.3. The molecule has 0 amide bonds. The predicted octanol–water partition coefficient (Wildman–Crippen LogP) is 3.21. The number of oxazole rings is 1. The third-order valence-corrected chi connectivity index (χ3v) is 3.55. The lowest BCUT2D eigenvalue weighted by Crippen LogP contribution is -1.97. The molecule has 3 aromatic rings. The van der Waals surface area contributed by atoms with E-state index in [0.717, 1.165) is 16.8 Å². The summed E-state index contributed by atoms with van der Waals surface area (Å²) in [6.45, 7) is 0. The van der Waals surface area contributed by atoms with Crippen LogP contribution in [0.4, 0.5) is 0 Å². The molecule has 0 saturated heterocycles. The fraction of sp³-hybridized carbons (Fsp3) is 0.0714. The van der Waals surface area contributed by atoms with Gasteiger partial charge in [-0.05, 0) is 24.3 Å². The van der Waals surface area contributed by atoms with Crippen LogP contribution in [0.2, 0.25) is 0 Å². The first-order valence-corrected chi connectivity index (χ1v) is 6.87. The standard InChI is InChI=1S/C14H10N2O3S/c17-13(18)9-5-6-10(15-7-9)8-20-14-16-11-3-1-2-4-12(11)19-14/h1-7H,8H2,(H,17,18). The van der Waals surface area contributed by atoms with Gasteiger partial charge in [0.1, 0.15) is 5.52 Å². The summed E-state index contributed by atoms with van der Waals surface area (Å²) >= 11 is 1.43. The maximum absolute atomic E-state index is 10.7. The van der Waals surface area contributed by atoms with Crippen LogP contribution >= 0.6 is 11.8 Å². The number of nitrogens with zero attached hydrogens (tertiary/aromatic N) is 2. The lowest BCUT2D eigenvalue weighted by Gasteiger charge is -1.98. The summed E-state index contributed by atoms with van der Waals surface area (Å²) in [7, 11) is 0. The molecule has 2 heterocycles. The van der Waals surface area contributed by atoms with Crippen LogP contribution in [0.15, 0.2) is 52.2 Å². The van der Waals surface area contributed by atoms with E-state index in [-0.39, 0.29) is 5.56 Å². The van der Waals surface area contributed by atoms with Gasteiger partial charge in [-0.15, -0.1) is 0 Å². The number of thioether (sulfide) groups is 1. The van der Waals surface area contributed by atoms with Gasteiger partial charge in [0.25, 0.3) is 5.22 Å². The Balaban J connectivity index is 1.71.